The van der Waals surface area contributed by atoms with Gasteiger partial charge in [0.1, 0.15) is 5.75 Å². The van der Waals surface area contributed by atoms with Crippen molar-refractivity contribution in [3.8, 4) is 5.75 Å². The number of nitrogens with one attached hydrogen (secondary N) is 2. The average molecular weight is 337 g/mol. The minimum atomic E-state index is 0.673. The first-order valence-corrected chi connectivity index (χ1v) is 9.02. The van der Waals surface area contributed by atoms with E-state index in [2.05, 4.69) is 52.0 Å². The highest BCUT2D eigenvalue weighted by Crippen LogP contribution is 2.46. The predicted octanol–water partition coefficient (Wildman–Crippen LogP) is 3.55. The van der Waals surface area contributed by atoms with Gasteiger partial charge in [-0.1, -0.05) is 48.5 Å². The molecule has 1 fully saturated rings. The van der Waals surface area contributed by atoms with Crippen molar-refractivity contribution in [1.29, 1.82) is 0 Å². The Kier molecular flexibility index (Phi) is 5.94. The van der Waals surface area contributed by atoms with Gasteiger partial charge in [0.15, 0.2) is 5.96 Å². The van der Waals surface area contributed by atoms with Gasteiger partial charge in [-0.2, -0.15) is 0 Å². The maximum atomic E-state index is 5.67. The van der Waals surface area contributed by atoms with Gasteiger partial charge in [-0.25, -0.2) is 0 Å². The molecule has 0 aromatic heterocycles. The monoisotopic (exact) mass is 337 g/mol. The zero-order valence-electron chi connectivity index (χ0n) is 15.0. The zero-order chi connectivity index (χ0) is 17.5. The van der Waals surface area contributed by atoms with Gasteiger partial charge in [0, 0.05) is 25.7 Å². The fraction of sp³-hybridized carbons (Fsp3) is 0.381. The van der Waals surface area contributed by atoms with Crippen LogP contribution in [0.1, 0.15) is 30.4 Å². The summed E-state index contributed by atoms with van der Waals surface area (Å²) in [6.45, 7) is 4.32. The first kappa shape index (κ1) is 17.3. The Labute approximate surface area is 150 Å². The van der Waals surface area contributed by atoms with Crippen LogP contribution in [0.3, 0.4) is 0 Å². The van der Waals surface area contributed by atoms with E-state index in [1.54, 1.807) is 0 Å². The Hall–Kier alpha value is -2.49. The average Bonchev–Trinajstić information content (AvgIpc) is 3.44. The van der Waals surface area contributed by atoms with Crippen molar-refractivity contribution >= 4 is 5.96 Å². The molecular formula is C21H27N3O. The molecule has 2 aromatic carbocycles. The van der Waals surface area contributed by atoms with Crippen LogP contribution < -0.4 is 15.4 Å². The van der Waals surface area contributed by atoms with Crippen LogP contribution in [0.4, 0.5) is 0 Å². The van der Waals surface area contributed by atoms with Crippen LogP contribution in [-0.4, -0.2) is 26.2 Å². The van der Waals surface area contributed by atoms with Gasteiger partial charge in [0.2, 0.25) is 0 Å². The fourth-order valence-corrected chi connectivity index (χ4v) is 3.16. The Morgan fingerprint density at radius 3 is 2.60 bits per heavy atom. The molecule has 0 amide bonds. The first-order chi connectivity index (χ1) is 12.3. The molecule has 0 bridgehead atoms. The topological polar surface area (TPSA) is 45.6 Å². The van der Waals surface area contributed by atoms with Crippen LogP contribution in [0.25, 0.3) is 0 Å². The Morgan fingerprint density at radius 1 is 1.08 bits per heavy atom. The maximum absolute atomic E-state index is 5.67. The minimum Gasteiger partial charge on any atom is -0.494 e. The summed E-state index contributed by atoms with van der Waals surface area (Å²) < 4.78 is 5.67. The summed E-state index contributed by atoms with van der Waals surface area (Å²) in [4.78, 5) is 4.33. The van der Waals surface area contributed by atoms with E-state index in [4.69, 9.17) is 4.74 Å². The summed E-state index contributed by atoms with van der Waals surface area (Å²) in [6, 6.07) is 18.9. The summed E-state index contributed by atoms with van der Waals surface area (Å²) in [6.07, 6.45) is 1.25. The van der Waals surface area contributed by atoms with E-state index in [1.807, 2.05) is 32.2 Å². The number of rotatable bonds is 7. The third-order valence-corrected chi connectivity index (χ3v) is 4.62. The van der Waals surface area contributed by atoms with Crippen molar-refractivity contribution in [2.45, 2.75) is 25.8 Å². The van der Waals surface area contributed by atoms with Crippen molar-refractivity contribution < 1.29 is 4.74 Å². The molecular weight excluding hydrogens is 310 g/mol. The molecule has 0 heterocycles. The molecule has 4 nitrogen and oxygen atoms in total. The highest BCUT2D eigenvalue weighted by atomic mass is 16.5. The second kappa shape index (κ2) is 8.56. The third-order valence-electron chi connectivity index (χ3n) is 4.62. The number of para-hydroxylation sites is 1. The fourth-order valence-electron chi connectivity index (χ4n) is 3.16. The van der Waals surface area contributed by atoms with Crippen LogP contribution >= 0.6 is 0 Å². The molecule has 3 rings (SSSR count). The van der Waals surface area contributed by atoms with Crippen LogP contribution in [0.5, 0.6) is 5.75 Å². The second-order valence-electron chi connectivity index (χ2n) is 6.36. The maximum Gasteiger partial charge on any atom is 0.191 e. The number of aliphatic imine (C=N–C) groups is 1. The molecule has 25 heavy (non-hydrogen) atoms. The van der Waals surface area contributed by atoms with E-state index in [0.717, 1.165) is 23.8 Å². The molecule has 0 saturated heterocycles. The lowest BCUT2D eigenvalue weighted by Crippen LogP contribution is -2.38. The van der Waals surface area contributed by atoms with Gasteiger partial charge in [-0.3, -0.25) is 4.99 Å². The van der Waals surface area contributed by atoms with Gasteiger partial charge < -0.3 is 15.4 Å². The van der Waals surface area contributed by atoms with Crippen molar-refractivity contribution in [2.24, 2.45) is 10.9 Å². The quantitative estimate of drug-likeness (QED) is 0.600. The zero-order valence-corrected chi connectivity index (χ0v) is 15.0. The Morgan fingerprint density at radius 2 is 1.84 bits per heavy atom. The number of nitrogens with zero attached hydrogens (tertiary/aromatic N) is 1. The van der Waals surface area contributed by atoms with E-state index in [0.29, 0.717) is 25.0 Å². The van der Waals surface area contributed by atoms with E-state index in [1.165, 1.54) is 12.0 Å². The number of guanidine groups is 1. The van der Waals surface area contributed by atoms with Crippen LogP contribution in [0, 0.1) is 5.92 Å². The molecule has 2 atom stereocenters. The van der Waals surface area contributed by atoms with E-state index < -0.39 is 0 Å². The number of hydrogen-bond donors (Lipinski definition) is 2. The second-order valence-corrected chi connectivity index (χ2v) is 6.36. The number of ether oxygens (including phenoxy) is 1. The van der Waals surface area contributed by atoms with E-state index in [9.17, 15) is 0 Å². The van der Waals surface area contributed by atoms with Gasteiger partial charge in [0.25, 0.3) is 0 Å². The molecule has 132 valence electrons. The number of benzene rings is 2. The van der Waals surface area contributed by atoms with Crippen molar-refractivity contribution in [2.75, 3.05) is 20.2 Å². The van der Waals surface area contributed by atoms with Gasteiger partial charge in [-0.15, -0.1) is 0 Å². The van der Waals surface area contributed by atoms with Crippen molar-refractivity contribution in [3.05, 3.63) is 65.7 Å². The lowest BCUT2D eigenvalue weighted by molar-refractivity contribution is 0.336. The van der Waals surface area contributed by atoms with Gasteiger partial charge in [-0.05, 0) is 36.8 Å². The van der Waals surface area contributed by atoms with Crippen molar-refractivity contribution in [3.63, 3.8) is 0 Å². The molecule has 2 aromatic rings. The van der Waals surface area contributed by atoms with Crippen LogP contribution in [-0.2, 0) is 6.54 Å². The highest BCUT2D eigenvalue weighted by molar-refractivity contribution is 5.79. The smallest absolute Gasteiger partial charge is 0.191 e. The summed E-state index contributed by atoms with van der Waals surface area (Å²) in [5, 5.41) is 6.83. The number of hydrogen-bond acceptors (Lipinski definition) is 2. The summed E-state index contributed by atoms with van der Waals surface area (Å²) in [7, 11) is 1.81. The normalized spacial score (nSPS) is 19.4. The predicted molar refractivity (Wildman–Crippen MR) is 103 cm³/mol. The van der Waals surface area contributed by atoms with Crippen LogP contribution in [0.2, 0.25) is 0 Å². The lowest BCUT2D eigenvalue weighted by Gasteiger charge is -2.14. The largest absolute Gasteiger partial charge is 0.494 e. The van der Waals surface area contributed by atoms with Crippen LogP contribution in [0.15, 0.2) is 59.6 Å². The van der Waals surface area contributed by atoms with E-state index in [-0.39, 0.29) is 0 Å². The Bertz CT molecular complexity index is 699. The molecule has 1 aliphatic rings. The SMILES string of the molecule is CCOc1ccccc1CNC(=NC)NCC1CC1c1ccccc1. The summed E-state index contributed by atoms with van der Waals surface area (Å²) >= 11 is 0. The molecule has 4 heteroatoms. The lowest BCUT2D eigenvalue weighted by atomic mass is 10.1. The van der Waals surface area contributed by atoms with Crippen molar-refractivity contribution in [1.82, 2.24) is 10.6 Å². The highest BCUT2D eigenvalue weighted by Gasteiger charge is 2.37. The molecule has 0 aliphatic heterocycles. The third kappa shape index (κ3) is 4.75. The molecule has 2 unspecified atom stereocenters. The summed E-state index contributed by atoms with van der Waals surface area (Å²) in [5.74, 6) is 3.14. The summed E-state index contributed by atoms with van der Waals surface area (Å²) in [5.41, 5.74) is 2.59. The first-order valence-electron chi connectivity index (χ1n) is 9.02. The molecule has 1 aliphatic carbocycles. The van der Waals surface area contributed by atoms with Gasteiger partial charge in [0.05, 0.1) is 6.61 Å². The molecule has 0 radical (unpaired) electrons. The van der Waals surface area contributed by atoms with Gasteiger partial charge >= 0.3 is 0 Å². The Balaban J connectivity index is 1.47. The molecule has 2 N–H and O–H groups in total. The van der Waals surface area contributed by atoms with E-state index >= 15 is 0 Å². The molecule has 0 spiro atoms. The minimum absolute atomic E-state index is 0.673. The molecule has 1 saturated carbocycles. The standard InChI is InChI=1S/C21H27N3O/c1-3-25-20-12-8-7-11-17(20)14-23-21(22-2)24-15-18-13-19(18)16-9-5-4-6-10-16/h4-12,18-19H,3,13-15H2,1-2H3,(H2,22,23,24).